The van der Waals surface area contributed by atoms with Crippen LogP contribution in [0.15, 0.2) is 12.2 Å². The van der Waals surface area contributed by atoms with Crippen LogP contribution in [0.4, 0.5) is 0 Å². The molecule has 2 nitrogen and oxygen atoms in total. The fraction of sp³-hybridized carbons (Fsp3) is 0.867. The van der Waals surface area contributed by atoms with E-state index in [1.54, 1.807) is 0 Å². The van der Waals surface area contributed by atoms with E-state index < -0.39 is 0 Å². The van der Waals surface area contributed by atoms with E-state index in [1.165, 1.54) is 12.8 Å². The van der Waals surface area contributed by atoms with Crippen LogP contribution in [-0.4, -0.2) is 18.0 Å². The molecule has 3 bridgehead atoms. The highest BCUT2D eigenvalue weighted by Crippen LogP contribution is 2.67. The van der Waals surface area contributed by atoms with Crippen LogP contribution in [0.3, 0.4) is 0 Å². The zero-order chi connectivity index (χ0) is 11.8. The minimum atomic E-state index is -0.0283. The van der Waals surface area contributed by atoms with Crippen LogP contribution in [-0.2, 0) is 9.47 Å². The van der Waals surface area contributed by atoms with E-state index >= 15 is 0 Å². The standard InChI is InChI=1S/C15H22O2/c1-9-5-4-7-15-8-6-11-12(14(9,15)3)10(2)13(16-11)17-15/h4,7,9-13H,5-6,8H2,1-3H3/t9-,10-,11-,12-,13+,14-,15+/m1/s1. The molecule has 1 saturated carbocycles. The maximum atomic E-state index is 6.44. The van der Waals surface area contributed by atoms with Gasteiger partial charge < -0.3 is 9.47 Å². The summed E-state index contributed by atoms with van der Waals surface area (Å²) in [5, 5.41) is 0. The molecule has 4 aliphatic rings. The zero-order valence-corrected chi connectivity index (χ0v) is 11.0. The van der Waals surface area contributed by atoms with E-state index in [4.69, 9.17) is 9.47 Å². The molecule has 7 atom stereocenters. The van der Waals surface area contributed by atoms with Crippen LogP contribution in [0.5, 0.6) is 0 Å². The van der Waals surface area contributed by atoms with E-state index in [0.29, 0.717) is 23.9 Å². The van der Waals surface area contributed by atoms with Crippen LogP contribution in [0.25, 0.3) is 0 Å². The molecule has 2 saturated heterocycles. The lowest BCUT2D eigenvalue weighted by atomic mass is 9.47. The first-order chi connectivity index (χ1) is 8.08. The third kappa shape index (κ3) is 0.978. The van der Waals surface area contributed by atoms with Crippen molar-refractivity contribution in [3.8, 4) is 0 Å². The van der Waals surface area contributed by atoms with E-state index in [2.05, 4.69) is 32.9 Å². The van der Waals surface area contributed by atoms with Crippen molar-refractivity contribution in [2.75, 3.05) is 0 Å². The van der Waals surface area contributed by atoms with Gasteiger partial charge in [0.25, 0.3) is 0 Å². The highest BCUT2D eigenvalue weighted by molar-refractivity contribution is 5.25. The molecule has 0 aromatic heterocycles. The van der Waals surface area contributed by atoms with Gasteiger partial charge in [0.2, 0.25) is 0 Å². The molecule has 2 heteroatoms. The summed E-state index contributed by atoms with van der Waals surface area (Å²) < 4.78 is 12.6. The average Bonchev–Trinajstić information content (AvgIpc) is 2.47. The summed E-state index contributed by atoms with van der Waals surface area (Å²) in [6.45, 7) is 7.18. The molecule has 94 valence electrons. The average molecular weight is 234 g/mol. The summed E-state index contributed by atoms with van der Waals surface area (Å²) in [6.07, 6.45) is 8.72. The van der Waals surface area contributed by atoms with E-state index in [-0.39, 0.29) is 17.3 Å². The van der Waals surface area contributed by atoms with Crippen LogP contribution in [0.1, 0.15) is 40.0 Å². The molecule has 0 aromatic carbocycles. The van der Waals surface area contributed by atoms with Gasteiger partial charge in [0, 0.05) is 17.3 Å². The fourth-order valence-electron chi connectivity index (χ4n) is 5.26. The van der Waals surface area contributed by atoms with E-state index in [1.807, 2.05) is 0 Å². The van der Waals surface area contributed by atoms with Crippen molar-refractivity contribution < 1.29 is 9.47 Å². The number of rotatable bonds is 0. The number of hydrogen-bond donors (Lipinski definition) is 0. The molecule has 2 heterocycles. The molecule has 2 aliphatic heterocycles. The molecule has 2 aliphatic carbocycles. The molecular weight excluding hydrogens is 212 g/mol. The highest BCUT2D eigenvalue weighted by atomic mass is 16.7. The number of ether oxygens (including phenoxy) is 2. The van der Waals surface area contributed by atoms with Gasteiger partial charge in [-0.25, -0.2) is 0 Å². The second-order valence-corrected chi connectivity index (χ2v) is 6.80. The predicted molar refractivity (Wildman–Crippen MR) is 65.4 cm³/mol. The van der Waals surface area contributed by atoms with Crippen molar-refractivity contribution in [1.29, 1.82) is 0 Å². The second-order valence-electron chi connectivity index (χ2n) is 6.80. The monoisotopic (exact) mass is 234 g/mol. The summed E-state index contributed by atoms with van der Waals surface area (Å²) in [7, 11) is 0. The Kier molecular flexibility index (Phi) is 1.85. The first-order valence-electron chi connectivity index (χ1n) is 7.09. The van der Waals surface area contributed by atoms with Crippen LogP contribution in [0.2, 0.25) is 0 Å². The Labute approximate surface area is 103 Å². The molecule has 0 spiro atoms. The van der Waals surface area contributed by atoms with Gasteiger partial charge in [-0.1, -0.05) is 32.9 Å². The Morgan fingerprint density at radius 1 is 1.29 bits per heavy atom. The van der Waals surface area contributed by atoms with Crippen LogP contribution >= 0.6 is 0 Å². The van der Waals surface area contributed by atoms with Gasteiger partial charge in [-0.05, 0) is 25.2 Å². The van der Waals surface area contributed by atoms with E-state index in [9.17, 15) is 0 Å². The largest absolute Gasteiger partial charge is 0.349 e. The third-order valence-corrected chi connectivity index (χ3v) is 6.34. The van der Waals surface area contributed by atoms with Gasteiger partial charge in [0.1, 0.15) is 0 Å². The van der Waals surface area contributed by atoms with Gasteiger partial charge in [0.05, 0.1) is 11.7 Å². The topological polar surface area (TPSA) is 18.5 Å². The van der Waals surface area contributed by atoms with E-state index in [0.717, 1.165) is 6.42 Å². The van der Waals surface area contributed by atoms with Crippen molar-refractivity contribution >= 4 is 0 Å². The minimum Gasteiger partial charge on any atom is -0.349 e. The fourth-order valence-corrected chi connectivity index (χ4v) is 5.26. The summed E-state index contributed by atoms with van der Waals surface area (Å²) >= 11 is 0. The predicted octanol–water partition coefficient (Wildman–Crippen LogP) is 3.13. The van der Waals surface area contributed by atoms with Crippen molar-refractivity contribution in [3.05, 3.63) is 12.2 Å². The molecule has 0 radical (unpaired) electrons. The summed E-state index contributed by atoms with van der Waals surface area (Å²) in [4.78, 5) is 0. The smallest absolute Gasteiger partial charge is 0.162 e. The molecule has 0 aromatic rings. The van der Waals surface area contributed by atoms with Crippen molar-refractivity contribution in [2.24, 2.45) is 23.2 Å². The van der Waals surface area contributed by atoms with Crippen molar-refractivity contribution in [3.63, 3.8) is 0 Å². The van der Waals surface area contributed by atoms with Crippen molar-refractivity contribution in [1.82, 2.24) is 0 Å². The molecule has 0 unspecified atom stereocenters. The Hall–Kier alpha value is -0.340. The highest BCUT2D eigenvalue weighted by Gasteiger charge is 2.70. The second kappa shape index (κ2) is 2.97. The Morgan fingerprint density at radius 3 is 2.94 bits per heavy atom. The number of allylic oxidation sites excluding steroid dienone is 1. The third-order valence-electron chi connectivity index (χ3n) is 6.34. The molecule has 0 N–H and O–H groups in total. The Morgan fingerprint density at radius 2 is 2.12 bits per heavy atom. The van der Waals surface area contributed by atoms with Crippen molar-refractivity contribution in [2.45, 2.75) is 58.0 Å². The lowest BCUT2D eigenvalue weighted by Gasteiger charge is -2.62. The quantitative estimate of drug-likeness (QED) is 0.599. The molecule has 4 rings (SSSR count). The number of hydrogen-bond acceptors (Lipinski definition) is 2. The lowest BCUT2D eigenvalue weighted by Crippen LogP contribution is -2.65. The lowest BCUT2D eigenvalue weighted by molar-refractivity contribution is -0.258. The van der Waals surface area contributed by atoms with Gasteiger partial charge in [-0.3, -0.25) is 0 Å². The first-order valence-corrected chi connectivity index (χ1v) is 7.09. The summed E-state index contributed by atoms with van der Waals surface area (Å²) in [6, 6.07) is 0. The molecule has 17 heavy (non-hydrogen) atoms. The van der Waals surface area contributed by atoms with Crippen LogP contribution < -0.4 is 0 Å². The summed E-state index contributed by atoms with van der Waals surface area (Å²) in [5.74, 6) is 1.95. The number of fused-ring (bicyclic) bond motifs is 1. The van der Waals surface area contributed by atoms with Gasteiger partial charge in [-0.15, -0.1) is 0 Å². The Bertz CT molecular complexity index is 390. The van der Waals surface area contributed by atoms with Gasteiger partial charge in [-0.2, -0.15) is 0 Å². The first kappa shape index (κ1) is 10.6. The summed E-state index contributed by atoms with van der Waals surface area (Å²) in [5.41, 5.74) is 0.247. The maximum absolute atomic E-state index is 6.44. The normalized spacial score (nSPS) is 63.8. The Balaban J connectivity index is 1.92. The maximum Gasteiger partial charge on any atom is 0.162 e. The van der Waals surface area contributed by atoms with Gasteiger partial charge >= 0.3 is 0 Å². The van der Waals surface area contributed by atoms with Gasteiger partial charge in [0.15, 0.2) is 6.29 Å². The molecule has 0 amide bonds. The van der Waals surface area contributed by atoms with Crippen LogP contribution in [0, 0.1) is 23.2 Å². The molecular formula is C15H22O2. The minimum absolute atomic E-state index is 0.0283. The molecule has 3 fully saturated rings. The zero-order valence-electron chi connectivity index (χ0n) is 11.0. The SMILES string of the molecule is C[C@H]1[C@H]2O[C@@H]3CC[C@]4(C=CC[C@@H](C)[C@]4(C)[C@H]13)O2.